The van der Waals surface area contributed by atoms with Gasteiger partial charge in [-0.1, -0.05) is 85.2 Å². The van der Waals surface area contributed by atoms with Gasteiger partial charge in [-0.2, -0.15) is 0 Å². The summed E-state index contributed by atoms with van der Waals surface area (Å²) in [6.07, 6.45) is 5.92. The summed E-state index contributed by atoms with van der Waals surface area (Å²) in [6, 6.07) is 5.10. The van der Waals surface area contributed by atoms with Crippen molar-refractivity contribution in [1.82, 2.24) is 20.0 Å². The number of benzene rings is 1. The maximum absolute atomic E-state index is 14.5. The summed E-state index contributed by atoms with van der Waals surface area (Å²) in [5.41, 5.74) is 0.747. The second-order valence-corrected chi connectivity index (χ2v) is 15.3. The average Bonchev–Trinajstić information content (AvgIpc) is 3.61. The van der Waals surface area contributed by atoms with Crippen LogP contribution in [0.1, 0.15) is 92.6 Å². The van der Waals surface area contributed by atoms with Crippen LogP contribution in [0.5, 0.6) is 0 Å². The first-order valence-electron chi connectivity index (χ1n) is 19.1. The topological polar surface area (TPSA) is 143 Å². The number of nitrogens with one attached hydrogen (secondary N) is 1. The van der Waals surface area contributed by atoms with Gasteiger partial charge < -0.3 is 29.5 Å². The predicted octanol–water partition coefficient (Wildman–Crippen LogP) is 3.99. The first kappa shape index (κ1) is 43.0. The van der Waals surface area contributed by atoms with E-state index in [9.17, 15) is 28.8 Å². The molecule has 1 aromatic carbocycles. The first-order chi connectivity index (χ1) is 25.0. The van der Waals surface area contributed by atoms with Crippen molar-refractivity contribution >= 4 is 35.6 Å². The number of ether oxygens (including phenoxy) is 2. The van der Waals surface area contributed by atoms with Crippen molar-refractivity contribution in [3.05, 3.63) is 35.9 Å². The second kappa shape index (κ2) is 19.6. The molecule has 292 valence electrons. The molecule has 2 heterocycles. The van der Waals surface area contributed by atoms with Crippen LogP contribution in [-0.4, -0.2) is 107 Å². The molecule has 2 aliphatic rings. The Morgan fingerprint density at radius 1 is 0.868 bits per heavy atom. The Labute approximate surface area is 315 Å². The molecule has 12 heteroatoms. The average molecular weight is 737 g/mol. The maximum Gasteiger partial charge on any atom is 0.329 e. The minimum Gasteiger partial charge on any atom is -0.460 e. The fraction of sp³-hybridized carbons (Fsp3) is 0.659. The van der Waals surface area contributed by atoms with E-state index in [2.05, 4.69) is 11.2 Å². The van der Waals surface area contributed by atoms with Crippen molar-refractivity contribution in [3.8, 4) is 12.3 Å². The standard InChI is InChI=1S/C41H60N4O8/c1-11-13-15-22-31-28(8)36(46)42-33(25(3)4)39(49)44(10)35(27(7)12-2)41(51)53-32(24-29-19-16-14-17-20-29)38(48)45-23-18-21-30(45)37(47)43(9)34(26(5)6)40(50)52-31/h1,14,16-17,19-20,25-28,30-35H,12-13,15,18,21-24H2,2-10H3,(H,42,46)/t27-,28?,30-,31-,32-,33-,34-,35+/m0/s1. The van der Waals surface area contributed by atoms with Gasteiger partial charge in [-0.15, -0.1) is 12.3 Å². The maximum atomic E-state index is 14.5. The third-order valence-corrected chi connectivity index (χ3v) is 10.7. The van der Waals surface area contributed by atoms with Crippen LogP contribution < -0.4 is 5.32 Å². The highest BCUT2D eigenvalue weighted by molar-refractivity contribution is 5.95. The Morgan fingerprint density at radius 3 is 2.08 bits per heavy atom. The fourth-order valence-electron chi connectivity index (χ4n) is 7.29. The van der Waals surface area contributed by atoms with Crippen molar-refractivity contribution in [2.75, 3.05) is 20.6 Å². The Morgan fingerprint density at radius 2 is 1.49 bits per heavy atom. The van der Waals surface area contributed by atoms with Gasteiger partial charge in [-0.05, 0) is 49.0 Å². The van der Waals surface area contributed by atoms with Crippen LogP contribution in [0.3, 0.4) is 0 Å². The number of hydrogen-bond donors (Lipinski definition) is 1. The molecule has 2 fully saturated rings. The molecule has 3 rings (SSSR count). The van der Waals surface area contributed by atoms with E-state index in [-0.39, 0.29) is 37.1 Å². The zero-order valence-electron chi connectivity index (χ0n) is 33.0. The zero-order chi connectivity index (χ0) is 39.6. The molecule has 0 bridgehead atoms. The van der Waals surface area contributed by atoms with Gasteiger partial charge in [-0.25, -0.2) is 9.59 Å². The lowest BCUT2D eigenvalue weighted by atomic mass is 9.94. The molecule has 0 radical (unpaired) electrons. The number of likely N-dealkylation sites (N-methyl/N-ethyl adjacent to an activating group) is 2. The van der Waals surface area contributed by atoms with Crippen molar-refractivity contribution in [3.63, 3.8) is 0 Å². The molecule has 2 saturated heterocycles. The summed E-state index contributed by atoms with van der Waals surface area (Å²) in [6.45, 7) is 12.8. The fourth-order valence-corrected chi connectivity index (χ4v) is 7.29. The molecule has 1 N–H and O–H groups in total. The molecule has 0 aliphatic carbocycles. The Balaban J connectivity index is 2.19. The van der Waals surface area contributed by atoms with Gasteiger partial charge >= 0.3 is 11.9 Å². The van der Waals surface area contributed by atoms with Crippen molar-refractivity contribution < 1.29 is 38.2 Å². The summed E-state index contributed by atoms with van der Waals surface area (Å²) in [4.78, 5) is 89.2. The Hall–Kier alpha value is -4.40. The van der Waals surface area contributed by atoms with Gasteiger partial charge in [0, 0.05) is 33.5 Å². The number of nitrogens with zero attached hydrogens (tertiary/aromatic N) is 3. The van der Waals surface area contributed by atoms with E-state index in [4.69, 9.17) is 15.9 Å². The predicted molar refractivity (Wildman–Crippen MR) is 201 cm³/mol. The number of carbonyl (C=O) groups is 6. The van der Waals surface area contributed by atoms with Gasteiger partial charge in [0.2, 0.25) is 17.7 Å². The number of unbranched alkanes of at least 4 members (excludes halogenated alkanes) is 1. The molecule has 0 saturated carbocycles. The minimum absolute atomic E-state index is 0.0497. The van der Waals surface area contributed by atoms with Crippen LogP contribution in [0.2, 0.25) is 0 Å². The summed E-state index contributed by atoms with van der Waals surface area (Å²) in [7, 11) is 3.03. The first-order valence-corrected chi connectivity index (χ1v) is 19.1. The van der Waals surface area contributed by atoms with Gasteiger partial charge in [0.1, 0.15) is 30.3 Å². The number of hydrogen-bond acceptors (Lipinski definition) is 8. The van der Waals surface area contributed by atoms with Crippen LogP contribution in [-0.2, 0) is 44.7 Å². The highest BCUT2D eigenvalue weighted by atomic mass is 16.6. The SMILES string of the molecule is C#CCCC[C@@H]1OC(=O)[C@H](C(C)C)N(C)C(=O)[C@@H]2CCCN2C(=O)[C@H](Cc2ccccc2)OC(=O)[C@@H]([C@@H](C)CC)N(C)C(=O)[C@H](C(C)C)NC(=O)C1C. The number of terminal acetylenes is 1. The van der Waals surface area contributed by atoms with Crippen LogP contribution in [0.4, 0.5) is 0 Å². The summed E-state index contributed by atoms with van der Waals surface area (Å²) in [5.74, 6) is -2.85. The Bertz CT molecular complexity index is 1490. The molecule has 1 unspecified atom stereocenters. The lowest BCUT2D eigenvalue weighted by Gasteiger charge is -2.36. The van der Waals surface area contributed by atoms with E-state index >= 15 is 0 Å². The van der Waals surface area contributed by atoms with Crippen LogP contribution in [0.15, 0.2) is 30.3 Å². The molecule has 2 aliphatic heterocycles. The molecule has 1 aromatic rings. The number of carbonyl (C=O) groups excluding carboxylic acids is 6. The molecule has 8 atom stereocenters. The largest absolute Gasteiger partial charge is 0.460 e. The second-order valence-electron chi connectivity index (χ2n) is 15.3. The molecule has 0 aromatic heterocycles. The van der Waals surface area contributed by atoms with Gasteiger partial charge in [0.05, 0.1) is 5.92 Å². The lowest BCUT2D eigenvalue weighted by Crippen LogP contribution is -2.58. The van der Waals surface area contributed by atoms with Crippen LogP contribution in [0, 0.1) is 36.0 Å². The van der Waals surface area contributed by atoms with Gasteiger partial charge in [0.25, 0.3) is 5.91 Å². The van der Waals surface area contributed by atoms with Crippen molar-refractivity contribution in [2.24, 2.45) is 23.7 Å². The van der Waals surface area contributed by atoms with Crippen molar-refractivity contribution in [1.29, 1.82) is 0 Å². The quantitative estimate of drug-likeness (QED) is 0.228. The van der Waals surface area contributed by atoms with Crippen molar-refractivity contribution in [2.45, 2.75) is 130 Å². The number of rotatable bonds is 9. The number of amides is 4. The van der Waals surface area contributed by atoms with Gasteiger partial charge in [-0.3, -0.25) is 19.2 Å². The molecular formula is C41H60N4O8. The molecule has 0 spiro atoms. The normalized spacial score (nSPS) is 27.7. The summed E-state index contributed by atoms with van der Waals surface area (Å²) in [5, 5.41) is 2.87. The highest BCUT2D eigenvalue weighted by Gasteiger charge is 2.45. The van der Waals surface area contributed by atoms with E-state index in [1.807, 2.05) is 44.2 Å². The van der Waals surface area contributed by atoms with E-state index in [0.29, 0.717) is 32.1 Å². The van der Waals surface area contributed by atoms with E-state index < -0.39 is 77.9 Å². The summed E-state index contributed by atoms with van der Waals surface area (Å²) < 4.78 is 12.2. The number of fused-ring (bicyclic) bond motifs is 1. The minimum atomic E-state index is -1.29. The van der Waals surface area contributed by atoms with E-state index in [1.54, 1.807) is 34.6 Å². The third kappa shape index (κ3) is 10.6. The number of esters is 2. The van der Waals surface area contributed by atoms with E-state index in [1.165, 1.54) is 28.8 Å². The smallest absolute Gasteiger partial charge is 0.329 e. The van der Waals surface area contributed by atoms with Crippen LogP contribution in [0.25, 0.3) is 0 Å². The highest BCUT2D eigenvalue weighted by Crippen LogP contribution is 2.27. The van der Waals surface area contributed by atoms with Crippen LogP contribution >= 0.6 is 0 Å². The molecule has 4 amide bonds. The lowest BCUT2D eigenvalue weighted by molar-refractivity contribution is -0.170. The number of cyclic esters (lactones) is 2. The molecule has 53 heavy (non-hydrogen) atoms. The van der Waals surface area contributed by atoms with E-state index in [0.717, 1.165) is 5.56 Å². The zero-order valence-corrected chi connectivity index (χ0v) is 33.0. The monoisotopic (exact) mass is 736 g/mol. The Kier molecular flexibility index (Phi) is 15.9. The van der Waals surface area contributed by atoms with Gasteiger partial charge in [0.15, 0.2) is 6.10 Å². The molecular weight excluding hydrogens is 676 g/mol. The third-order valence-electron chi connectivity index (χ3n) is 10.7. The molecule has 12 nitrogen and oxygen atoms in total. The summed E-state index contributed by atoms with van der Waals surface area (Å²) >= 11 is 0.